The molecule has 23 heavy (non-hydrogen) atoms. The average molecular weight is 338 g/mol. The number of nitrogens with zero attached hydrogens (tertiary/aromatic N) is 1. The molecular formula is C17H24ClN3O2. The van der Waals surface area contributed by atoms with E-state index >= 15 is 0 Å². The van der Waals surface area contributed by atoms with E-state index in [0.29, 0.717) is 12.3 Å². The Morgan fingerprint density at radius 3 is 2.65 bits per heavy atom. The van der Waals surface area contributed by atoms with Crippen molar-refractivity contribution in [1.82, 2.24) is 4.90 Å². The van der Waals surface area contributed by atoms with E-state index in [1.807, 2.05) is 36.1 Å². The molecule has 3 N–H and O–H groups in total. The molecule has 0 aromatic heterocycles. The summed E-state index contributed by atoms with van der Waals surface area (Å²) in [5, 5.41) is 2.97. The van der Waals surface area contributed by atoms with Crippen LogP contribution in [0, 0.1) is 5.92 Å². The average Bonchev–Trinajstić information content (AvgIpc) is 2.82. The number of halogens is 1. The van der Waals surface area contributed by atoms with Crippen LogP contribution in [0.3, 0.4) is 0 Å². The monoisotopic (exact) mass is 337 g/mol. The van der Waals surface area contributed by atoms with E-state index in [4.69, 9.17) is 5.73 Å². The fourth-order valence-corrected chi connectivity index (χ4v) is 3.59. The van der Waals surface area contributed by atoms with Gasteiger partial charge in [-0.1, -0.05) is 18.2 Å². The Hall–Kier alpha value is -1.59. The molecule has 6 heteroatoms. The van der Waals surface area contributed by atoms with Crippen molar-refractivity contribution in [3.63, 3.8) is 0 Å². The number of nitrogens with one attached hydrogen (secondary N) is 1. The summed E-state index contributed by atoms with van der Waals surface area (Å²) in [5.74, 6) is 0.469. The number of benzene rings is 1. The van der Waals surface area contributed by atoms with Crippen LogP contribution in [-0.2, 0) is 9.59 Å². The molecule has 2 unspecified atom stereocenters. The zero-order valence-corrected chi connectivity index (χ0v) is 14.1. The molecular weight excluding hydrogens is 314 g/mol. The lowest BCUT2D eigenvalue weighted by Crippen LogP contribution is -2.42. The molecule has 1 saturated heterocycles. The first-order chi connectivity index (χ1) is 10.6. The zero-order valence-electron chi connectivity index (χ0n) is 13.3. The van der Waals surface area contributed by atoms with Crippen molar-refractivity contribution < 1.29 is 9.59 Å². The number of amides is 2. The second-order valence-electron chi connectivity index (χ2n) is 6.45. The minimum atomic E-state index is -0.0993. The van der Waals surface area contributed by atoms with Crippen LogP contribution in [0.2, 0.25) is 0 Å². The number of carbonyl (C=O) groups excluding carboxylic acids is 2. The Balaban J connectivity index is 0.00000192. The smallest absolute Gasteiger partial charge is 0.232 e. The Morgan fingerprint density at radius 2 is 2.00 bits per heavy atom. The van der Waals surface area contributed by atoms with Crippen molar-refractivity contribution in [2.75, 3.05) is 18.4 Å². The third kappa shape index (κ3) is 3.67. The number of rotatable bonds is 3. The van der Waals surface area contributed by atoms with Gasteiger partial charge in [-0.25, -0.2) is 0 Å². The maximum Gasteiger partial charge on any atom is 0.232 e. The van der Waals surface area contributed by atoms with Gasteiger partial charge in [0.2, 0.25) is 11.8 Å². The SMILES string of the molecule is CC(N)CC(=O)N1CCC(C2C(=O)Nc3ccccc32)CC1.Cl. The van der Waals surface area contributed by atoms with Crippen LogP contribution >= 0.6 is 12.4 Å². The van der Waals surface area contributed by atoms with Gasteiger partial charge in [-0.2, -0.15) is 0 Å². The van der Waals surface area contributed by atoms with E-state index in [1.54, 1.807) is 0 Å². The van der Waals surface area contributed by atoms with Gasteiger partial charge in [0.1, 0.15) is 0 Å². The highest BCUT2D eigenvalue weighted by Gasteiger charge is 2.38. The van der Waals surface area contributed by atoms with Gasteiger partial charge in [0.25, 0.3) is 0 Å². The van der Waals surface area contributed by atoms with Gasteiger partial charge in [0, 0.05) is 31.2 Å². The van der Waals surface area contributed by atoms with Crippen molar-refractivity contribution in [3.8, 4) is 0 Å². The summed E-state index contributed by atoms with van der Waals surface area (Å²) < 4.78 is 0. The zero-order chi connectivity index (χ0) is 15.7. The van der Waals surface area contributed by atoms with E-state index in [9.17, 15) is 9.59 Å². The Labute approximate surface area is 143 Å². The molecule has 5 nitrogen and oxygen atoms in total. The van der Waals surface area contributed by atoms with Crippen molar-refractivity contribution in [1.29, 1.82) is 0 Å². The number of para-hydroxylation sites is 1. The molecule has 0 bridgehead atoms. The molecule has 0 aliphatic carbocycles. The summed E-state index contributed by atoms with van der Waals surface area (Å²) in [6.45, 7) is 3.30. The first-order valence-electron chi connectivity index (χ1n) is 7.99. The lowest BCUT2D eigenvalue weighted by molar-refractivity contribution is -0.133. The highest BCUT2D eigenvalue weighted by Crippen LogP contribution is 2.41. The molecule has 3 rings (SSSR count). The van der Waals surface area contributed by atoms with Crippen LogP contribution in [0.1, 0.15) is 37.7 Å². The third-order valence-electron chi connectivity index (χ3n) is 4.70. The maximum atomic E-state index is 12.3. The first-order valence-corrected chi connectivity index (χ1v) is 7.99. The minimum Gasteiger partial charge on any atom is -0.343 e. The Morgan fingerprint density at radius 1 is 1.35 bits per heavy atom. The van der Waals surface area contributed by atoms with E-state index in [-0.39, 0.29) is 36.2 Å². The van der Waals surface area contributed by atoms with Gasteiger partial charge in [-0.05, 0) is 37.3 Å². The molecule has 0 spiro atoms. The molecule has 2 atom stereocenters. The number of carbonyl (C=O) groups is 2. The predicted molar refractivity (Wildman–Crippen MR) is 92.6 cm³/mol. The van der Waals surface area contributed by atoms with Gasteiger partial charge in [0.15, 0.2) is 0 Å². The van der Waals surface area contributed by atoms with Crippen LogP contribution in [-0.4, -0.2) is 35.8 Å². The third-order valence-corrected chi connectivity index (χ3v) is 4.70. The molecule has 1 aromatic carbocycles. The van der Waals surface area contributed by atoms with Crippen LogP contribution < -0.4 is 11.1 Å². The van der Waals surface area contributed by atoms with E-state index in [0.717, 1.165) is 37.2 Å². The predicted octanol–water partition coefficient (Wildman–Crippen LogP) is 2.12. The van der Waals surface area contributed by atoms with E-state index in [2.05, 4.69) is 5.32 Å². The molecule has 2 heterocycles. The van der Waals surface area contributed by atoms with Gasteiger partial charge in [0.05, 0.1) is 5.92 Å². The maximum absolute atomic E-state index is 12.3. The lowest BCUT2D eigenvalue weighted by Gasteiger charge is -2.34. The molecule has 2 aliphatic heterocycles. The highest BCUT2D eigenvalue weighted by molar-refractivity contribution is 6.03. The number of nitrogens with two attached hydrogens (primary N) is 1. The standard InChI is InChI=1S/C17H23N3O2.ClH/c1-11(18)10-15(21)20-8-6-12(7-9-20)16-13-4-2-3-5-14(13)19-17(16)22;/h2-5,11-12,16H,6-10,18H2,1H3,(H,19,22);1H. The number of piperidine rings is 1. The van der Waals surface area contributed by atoms with Crippen molar-refractivity contribution in [2.24, 2.45) is 11.7 Å². The van der Waals surface area contributed by atoms with Crippen molar-refractivity contribution >= 4 is 29.9 Å². The minimum absolute atomic E-state index is 0. The Kier molecular flexibility index (Phi) is 5.65. The normalized spacial score (nSPS) is 22.1. The highest BCUT2D eigenvalue weighted by atomic mass is 35.5. The van der Waals surface area contributed by atoms with Gasteiger partial charge in [-0.15, -0.1) is 12.4 Å². The number of hydrogen-bond acceptors (Lipinski definition) is 3. The summed E-state index contributed by atoms with van der Waals surface area (Å²) in [6, 6.07) is 7.81. The topological polar surface area (TPSA) is 75.4 Å². The molecule has 126 valence electrons. The molecule has 1 fully saturated rings. The fourth-order valence-electron chi connectivity index (χ4n) is 3.59. The summed E-state index contributed by atoms with van der Waals surface area (Å²) in [5.41, 5.74) is 7.74. The van der Waals surface area contributed by atoms with Crippen LogP contribution in [0.25, 0.3) is 0 Å². The number of anilines is 1. The quantitative estimate of drug-likeness (QED) is 0.887. The van der Waals surface area contributed by atoms with Crippen molar-refractivity contribution in [3.05, 3.63) is 29.8 Å². The number of hydrogen-bond donors (Lipinski definition) is 2. The van der Waals surface area contributed by atoms with Gasteiger partial charge in [-0.3, -0.25) is 9.59 Å². The molecule has 1 aromatic rings. The van der Waals surface area contributed by atoms with E-state index in [1.165, 1.54) is 0 Å². The Bertz CT molecular complexity index is 583. The largest absolute Gasteiger partial charge is 0.343 e. The van der Waals surface area contributed by atoms with Crippen LogP contribution in [0.5, 0.6) is 0 Å². The summed E-state index contributed by atoms with van der Waals surface area (Å²) in [6.07, 6.45) is 2.14. The molecule has 0 saturated carbocycles. The lowest BCUT2D eigenvalue weighted by atomic mass is 9.80. The molecule has 2 amide bonds. The van der Waals surface area contributed by atoms with Crippen LogP contribution in [0.4, 0.5) is 5.69 Å². The number of likely N-dealkylation sites (tertiary alicyclic amines) is 1. The van der Waals surface area contributed by atoms with E-state index < -0.39 is 0 Å². The first kappa shape index (κ1) is 17.8. The van der Waals surface area contributed by atoms with Gasteiger partial charge < -0.3 is 16.0 Å². The molecule has 0 radical (unpaired) electrons. The summed E-state index contributed by atoms with van der Waals surface area (Å²) in [4.78, 5) is 26.2. The number of fused-ring (bicyclic) bond motifs is 1. The fraction of sp³-hybridized carbons (Fsp3) is 0.529. The van der Waals surface area contributed by atoms with Crippen molar-refractivity contribution in [2.45, 2.75) is 38.1 Å². The van der Waals surface area contributed by atoms with Crippen LogP contribution in [0.15, 0.2) is 24.3 Å². The summed E-state index contributed by atoms with van der Waals surface area (Å²) in [7, 11) is 0. The second kappa shape index (κ2) is 7.32. The van der Waals surface area contributed by atoms with Gasteiger partial charge >= 0.3 is 0 Å². The summed E-state index contributed by atoms with van der Waals surface area (Å²) >= 11 is 0. The second-order valence-corrected chi connectivity index (χ2v) is 6.45. The molecule has 2 aliphatic rings.